The maximum Gasteiger partial charge on any atom is 0.345 e. The third-order valence-electron chi connectivity index (χ3n) is 5.51. The summed E-state index contributed by atoms with van der Waals surface area (Å²) in [7, 11) is 0. The van der Waals surface area contributed by atoms with Gasteiger partial charge in [-0.15, -0.1) is 0 Å². The van der Waals surface area contributed by atoms with Crippen molar-refractivity contribution in [1.29, 1.82) is 0 Å². The monoisotopic (exact) mass is 341 g/mol. The van der Waals surface area contributed by atoms with E-state index in [9.17, 15) is 19.8 Å². The van der Waals surface area contributed by atoms with E-state index in [0.29, 0.717) is 6.54 Å². The van der Waals surface area contributed by atoms with Crippen molar-refractivity contribution in [3.63, 3.8) is 0 Å². The smallest absolute Gasteiger partial charge is 0.345 e. The molecule has 4 rings (SSSR count). The minimum atomic E-state index is -2.03. The number of nitrogens with zero attached hydrogens (tertiary/aromatic N) is 2. The summed E-state index contributed by atoms with van der Waals surface area (Å²) in [6, 6.07) is -0.978. The number of hydrogen-bond acceptors (Lipinski definition) is 8. The molecule has 4 atom stereocenters. The lowest BCUT2D eigenvalue weighted by Crippen LogP contribution is -2.79. The van der Waals surface area contributed by atoms with E-state index in [1.165, 1.54) is 4.90 Å². The van der Waals surface area contributed by atoms with Gasteiger partial charge in [0, 0.05) is 19.3 Å². The highest BCUT2D eigenvalue weighted by atomic mass is 16.5. The highest BCUT2D eigenvalue weighted by Crippen LogP contribution is 2.39. The molecule has 3 saturated heterocycles. The minimum absolute atomic E-state index is 0.107. The first kappa shape index (κ1) is 15.7. The fourth-order valence-corrected chi connectivity index (χ4v) is 4.44. The molecule has 24 heavy (non-hydrogen) atoms. The molecule has 4 unspecified atom stereocenters. The van der Waals surface area contributed by atoms with Crippen LogP contribution in [0.15, 0.2) is 0 Å². The van der Waals surface area contributed by atoms with E-state index in [1.807, 2.05) is 0 Å². The van der Waals surface area contributed by atoms with Gasteiger partial charge in [-0.1, -0.05) is 0 Å². The number of likely N-dealkylation sites (tertiary alicyclic amines) is 1. The molecule has 0 aromatic heterocycles. The van der Waals surface area contributed by atoms with Crippen LogP contribution in [0.25, 0.3) is 0 Å². The molecule has 1 spiro atoms. The van der Waals surface area contributed by atoms with E-state index < -0.39 is 29.8 Å². The second kappa shape index (κ2) is 4.86. The lowest BCUT2D eigenvalue weighted by molar-refractivity contribution is -0.628. The topological polar surface area (TPSA) is 171 Å². The lowest BCUT2D eigenvalue weighted by atomic mass is 9.86. The molecular formula is C13H23N7O4+2. The van der Waals surface area contributed by atoms with Gasteiger partial charge in [0.15, 0.2) is 6.29 Å². The number of aliphatic hydroxyl groups is 2. The molecule has 0 aliphatic carbocycles. The van der Waals surface area contributed by atoms with Gasteiger partial charge in [-0.2, -0.15) is 0 Å². The zero-order chi connectivity index (χ0) is 17.3. The second-order valence-electron chi connectivity index (χ2n) is 6.86. The molecular weight excluding hydrogens is 318 g/mol. The molecule has 2 amide bonds. The van der Waals surface area contributed by atoms with E-state index in [1.54, 1.807) is 4.58 Å². The minimum Gasteiger partial charge on any atom is -0.361 e. The second-order valence-corrected chi connectivity index (χ2v) is 6.86. The van der Waals surface area contributed by atoms with E-state index >= 15 is 0 Å². The number of imide groups is 1. The SMILES string of the molecule is NC1=[N+]2CCC(O)(O)C23NC([NH3+])NC3C(CN2C(=O)CCC2=O)N1. The molecule has 0 radical (unpaired) electrons. The summed E-state index contributed by atoms with van der Waals surface area (Å²) in [5.41, 5.74) is 8.75. The molecule has 4 heterocycles. The van der Waals surface area contributed by atoms with E-state index in [4.69, 9.17) is 5.73 Å². The number of hydrogen-bond donors (Lipinski definition) is 7. The van der Waals surface area contributed by atoms with Crippen molar-refractivity contribution in [2.75, 3.05) is 13.1 Å². The van der Waals surface area contributed by atoms with Gasteiger partial charge in [-0.05, 0) is 0 Å². The zero-order valence-corrected chi connectivity index (χ0v) is 13.2. The van der Waals surface area contributed by atoms with Crippen molar-refractivity contribution < 1.29 is 30.1 Å². The molecule has 0 aromatic carbocycles. The van der Waals surface area contributed by atoms with Crippen LogP contribution in [0.4, 0.5) is 0 Å². The van der Waals surface area contributed by atoms with Gasteiger partial charge in [-0.3, -0.25) is 25.5 Å². The van der Waals surface area contributed by atoms with Crippen LogP contribution in [0, 0.1) is 0 Å². The highest BCUT2D eigenvalue weighted by molar-refractivity contribution is 6.02. The number of nitrogens with one attached hydrogen (secondary N) is 3. The third-order valence-corrected chi connectivity index (χ3v) is 5.51. The standard InChI is InChI=1S/C13H21N7O4/c14-10-17-9-6(5-19-7(21)1-2-8(19)22)16-11(15)20-4-3-12(23,24)13(9,20)18-10/h6,9-10,17-18,23-24H,1-5,14H2,(H2,15,16)/p+2. The predicted octanol–water partition coefficient (Wildman–Crippen LogP) is -5.70. The molecule has 11 heteroatoms. The molecule has 11 nitrogen and oxygen atoms in total. The van der Waals surface area contributed by atoms with Gasteiger partial charge in [0.05, 0.1) is 13.1 Å². The first-order chi connectivity index (χ1) is 11.3. The van der Waals surface area contributed by atoms with Gasteiger partial charge in [0.25, 0.3) is 0 Å². The molecule has 4 aliphatic heterocycles. The summed E-state index contributed by atoms with van der Waals surface area (Å²) >= 11 is 0. The molecule has 0 bridgehead atoms. The average molecular weight is 341 g/mol. The Hall–Kier alpha value is -1.79. The average Bonchev–Trinajstić information content (AvgIpc) is 3.10. The Morgan fingerprint density at radius 1 is 1.33 bits per heavy atom. The van der Waals surface area contributed by atoms with Crippen LogP contribution >= 0.6 is 0 Å². The first-order valence-electron chi connectivity index (χ1n) is 8.07. The van der Waals surface area contributed by atoms with Crippen LogP contribution < -0.4 is 27.4 Å². The van der Waals surface area contributed by atoms with Gasteiger partial charge in [-0.25, -0.2) is 15.2 Å². The van der Waals surface area contributed by atoms with Crippen LogP contribution in [-0.4, -0.2) is 80.4 Å². The number of quaternary nitrogens is 1. The largest absolute Gasteiger partial charge is 0.361 e. The van der Waals surface area contributed by atoms with Crippen molar-refractivity contribution in [1.82, 2.24) is 20.9 Å². The van der Waals surface area contributed by atoms with Gasteiger partial charge in [0.1, 0.15) is 12.1 Å². The summed E-state index contributed by atoms with van der Waals surface area (Å²) in [5.74, 6) is -2.19. The molecule has 3 fully saturated rings. The normalized spacial score (nSPS) is 40.8. The van der Waals surface area contributed by atoms with Crippen molar-refractivity contribution in [3.8, 4) is 0 Å². The summed E-state index contributed by atoms with van der Waals surface area (Å²) < 4.78 is 1.68. The Morgan fingerprint density at radius 3 is 2.67 bits per heavy atom. The Kier molecular flexibility index (Phi) is 3.19. The Bertz CT molecular complexity index is 634. The van der Waals surface area contributed by atoms with Gasteiger partial charge >= 0.3 is 5.96 Å². The Labute approximate surface area is 137 Å². The number of guanidine groups is 1. The molecule has 4 aliphatic rings. The number of nitrogens with two attached hydrogens (primary N) is 1. The van der Waals surface area contributed by atoms with Crippen LogP contribution in [0.1, 0.15) is 19.3 Å². The molecule has 0 saturated carbocycles. The van der Waals surface area contributed by atoms with Crippen molar-refractivity contribution in [2.45, 2.75) is 49.1 Å². The van der Waals surface area contributed by atoms with E-state index in [2.05, 4.69) is 21.7 Å². The lowest BCUT2D eigenvalue weighted by Gasteiger charge is -2.43. The molecule has 0 aromatic rings. The number of rotatable bonds is 2. The van der Waals surface area contributed by atoms with Crippen LogP contribution in [0.2, 0.25) is 0 Å². The molecule has 10 N–H and O–H groups in total. The number of carbonyl (C=O) groups is 2. The predicted molar refractivity (Wildman–Crippen MR) is 78.5 cm³/mol. The van der Waals surface area contributed by atoms with Crippen molar-refractivity contribution in [3.05, 3.63) is 0 Å². The summed E-state index contributed by atoms with van der Waals surface area (Å²) in [6.07, 6.45) is 0.0942. The summed E-state index contributed by atoms with van der Waals surface area (Å²) in [4.78, 5) is 25.1. The van der Waals surface area contributed by atoms with Gasteiger partial charge in [0.2, 0.25) is 23.3 Å². The van der Waals surface area contributed by atoms with Crippen LogP contribution in [-0.2, 0) is 9.59 Å². The number of carbonyl (C=O) groups excluding carboxylic acids is 2. The summed E-state index contributed by atoms with van der Waals surface area (Å²) in [5, 5.41) is 30.6. The molecule has 132 valence electrons. The Morgan fingerprint density at radius 2 is 2.00 bits per heavy atom. The first-order valence-corrected chi connectivity index (χ1v) is 8.07. The van der Waals surface area contributed by atoms with E-state index in [0.717, 1.165) is 0 Å². The third kappa shape index (κ3) is 1.87. The number of amides is 2. The maximum atomic E-state index is 11.9. The highest BCUT2D eigenvalue weighted by Gasteiger charge is 2.72. The quantitative estimate of drug-likeness (QED) is 0.148. The summed E-state index contributed by atoms with van der Waals surface area (Å²) in [6.45, 7) is 0.466. The zero-order valence-electron chi connectivity index (χ0n) is 13.2. The fourth-order valence-electron chi connectivity index (χ4n) is 4.44. The van der Waals surface area contributed by atoms with Crippen molar-refractivity contribution >= 4 is 17.8 Å². The Balaban J connectivity index is 1.72. The van der Waals surface area contributed by atoms with Gasteiger partial charge < -0.3 is 15.9 Å². The fraction of sp³-hybridized carbons (Fsp3) is 0.769. The van der Waals surface area contributed by atoms with Crippen molar-refractivity contribution in [2.24, 2.45) is 5.73 Å². The van der Waals surface area contributed by atoms with E-state index in [-0.39, 0.29) is 43.6 Å². The van der Waals surface area contributed by atoms with Crippen LogP contribution in [0.5, 0.6) is 0 Å². The maximum absolute atomic E-state index is 11.9. The van der Waals surface area contributed by atoms with Crippen LogP contribution in [0.3, 0.4) is 0 Å².